The van der Waals surface area contributed by atoms with Crippen molar-refractivity contribution in [3.63, 3.8) is 0 Å². The molecule has 312 valence electrons. The molecule has 3 aromatic carbocycles. The van der Waals surface area contributed by atoms with Gasteiger partial charge in [-0.15, -0.1) is 20.8 Å². The molecule has 0 saturated heterocycles. The van der Waals surface area contributed by atoms with Crippen molar-refractivity contribution in [3.8, 4) is 0 Å². The molecule has 0 fully saturated rings. The van der Waals surface area contributed by atoms with Gasteiger partial charge in [-0.2, -0.15) is 33.4 Å². The van der Waals surface area contributed by atoms with Gasteiger partial charge in [-0.1, -0.05) is 190 Å². The Labute approximate surface area is 405 Å². The summed E-state index contributed by atoms with van der Waals surface area (Å²) in [4.78, 5) is 30.3. The Morgan fingerprint density at radius 2 is 0.533 bits per heavy atom. The molecule has 0 amide bonds. The minimum absolute atomic E-state index is 0. The third kappa shape index (κ3) is 19.6. The molecule has 0 heterocycles. The molecule has 0 bridgehead atoms. The van der Waals surface area contributed by atoms with Crippen LogP contribution in [0.25, 0.3) is 0 Å². The molecular formula is C51H60O6Ti3. The first-order valence-corrected chi connectivity index (χ1v) is 19.0. The molecule has 0 N–H and O–H groups in total. The van der Waals surface area contributed by atoms with Crippen molar-refractivity contribution in [1.29, 1.82) is 0 Å². The molecule has 0 saturated carbocycles. The van der Waals surface area contributed by atoms with E-state index in [9.17, 15) is 29.7 Å². The molecule has 3 aliphatic rings. The number of benzene rings is 3. The minimum atomic E-state index is -1.13. The van der Waals surface area contributed by atoms with Crippen molar-refractivity contribution in [2.24, 2.45) is 16.2 Å². The predicted molar refractivity (Wildman–Crippen MR) is 226 cm³/mol. The first-order valence-electron chi connectivity index (χ1n) is 19.0. The van der Waals surface area contributed by atoms with E-state index in [1.807, 2.05) is 0 Å². The van der Waals surface area contributed by atoms with E-state index in [0.717, 1.165) is 0 Å². The van der Waals surface area contributed by atoms with Crippen LogP contribution in [-0.2, 0) is 65.2 Å². The number of hydrogen-bond acceptors (Lipinski definition) is 6. The van der Waals surface area contributed by atoms with Crippen LogP contribution >= 0.6 is 0 Å². The van der Waals surface area contributed by atoms with Crippen LogP contribution in [0.1, 0.15) is 135 Å². The van der Waals surface area contributed by atoms with E-state index in [1.54, 1.807) is 54.6 Å². The monoisotopic (exact) mass is 912 g/mol. The summed E-state index contributed by atoms with van der Waals surface area (Å²) >= 11 is 0. The van der Waals surface area contributed by atoms with Gasteiger partial charge in [0.1, 0.15) is 0 Å². The Balaban J connectivity index is -0.000000644. The summed E-state index contributed by atoms with van der Waals surface area (Å²) in [5.74, 6) is -3.39. The van der Waals surface area contributed by atoms with Crippen LogP contribution in [0.5, 0.6) is 0 Å². The van der Waals surface area contributed by atoms with Crippen molar-refractivity contribution in [2.45, 2.75) is 104 Å². The zero-order valence-electron chi connectivity index (χ0n) is 38.1. The summed E-state index contributed by atoms with van der Waals surface area (Å²) in [6.07, 6.45) is 10.3. The van der Waals surface area contributed by atoms with E-state index < -0.39 is 17.9 Å². The summed E-state index contributed by atoms with van der Waals surface area (Å²) in [5, 5.41) is 30.3. The van der Waals surface area contributed by atoms with Crippen LogP contribution in [0.4, 0.5) is 0 Å². The number of allylic oxidation sites excluding steroid dienone is 12. The molecule has 9 heteroatoms. The minimum Gasteiger partial charge on any atom is -0.545 e. The second-order valence-corrected chi connectivity index (χ2v) is 15.8. The molecule has 0 aromatic heterocycles. The third-order valence-electron chi connectivity index (χ3n) is 10.7. The van der Waals surface area contributed by atoms with Gasteiger partial charge in [-0.05, 0) is 16.7 Å². The van der Waals surface area contributed by atoms with Crippen molar-refractivity contribution in [1.82, 2.24) is 0 Å². The molecule has 0 unspecified atom stereocenters. The Hall–Kier alpha value is -3.35. The van der Waals surface area contributed by atoms with Crippen LogP contribution in [0.3, 0.4) is 0 Å². The largest absolute Gasteiger partial charge is 2.00 e. The maximum atomic E-state index is 10.1. The number of rotatable bonds is 3. The number of carbonyl (C=O) groups excluding carboxylic acids is 3. The average molecular weight is 913 g/mol. The number of hydrogen-bond donors (Lipinski definition) is 0. The summed E-state index contributed by atoms with van der Waals surface area (Å²) in [5.41, 5.74) is 13.8. The maximum Gasteiger partial charge on any atom is 2.00 e. The van der Waals surface area contributed by atoms with Crippen LogP contribution in [0, 0.1) is 34.5 Å². The zero-order valence-corrected chi connectivity index (χ0v) is 42.8. The number of carbonyl (C=O) groups is 3. The van der Waals surface area contributed by atoms with Crippen LogP contribution in [0.2, 0.25) is 0 Å². The predicted octanol–water partition coefficient (Wildman–Crippen LogP) is 9.48. The molecule has 0 aliphatic heterocycles. The molecule has 6 nitrogen and oxygen atoms in total. The first kappa shape index (κ1) is 61.0. The zero-order chi connectivity index (χ0) is 43.9. The topological polar surface area (TPSA) is 120 Å². The fraction of sp³-hybridized carbons (Fsp3) is 0.353. The molecular weight excluding hydrogens is 852 g/mol. The van der Waals surface area contributed by atoms with Gasteiger partial charge < -0.3 is 29.7 Å². The molecule has 6 rings (SSSR count). The van der Waals surface area contributed by atoms with E-state index in [0.29, 0.717) is 0 Å². The normalized spacial score (nSPS) is 15.8. The molecule has 0 spiro atoms. The van der Waals surface area contributed by atoms with Gasteiger partial charge in [0.05, 0.1) is 17.9 Å². The fourth-order valence-corrected chi connectivity index (χ4v) is 5.94. The Bertz CT molecular complexity index is 1810. The quantitative estimate of drug-likeness (QED) is 0.191. The van der Waals surface area contributed by atoms with Gasteiger partial charge in [0.25, 0.3) is 0 Å². The molecule has 0 atom stereocenters. The summed E-state index contributed by atoms with van der Waals surface area (Å²) in [6.45, 7) is 32.8. The molecule has 60 heavy (non-hydrogen) atoms. The standard InChI is InChI=1S/3C10H15.3C7H6O2.3Ti/c3*1-7-6-10(4,5)9(3)8(7)2;3*8-7(9)6-4-2-1-3-5-6;;;/h3*1-5H3;3*1-5H,(H,8,9);;;/q3*-1;;;;3*+2/p-3. The summed E-state index contributed by atoms with van der Waals surface area (Å²) < 4.78 is 0. The van der Waals surface area contributed by atoms with Crippen molar-refractivity contribution < 1.29 is 94.9 Å². The van der Waals surface area contributed by atoms with Gasteiger partial charge >= 0.3 is 65.2 Å². The van der Waals surface area contributed by atoms with Crippen LogP contribution in [0.15, 0.2) is 141 Å². The van der Waals surface area contributed by atoms with E-state index in [4.69, 9.17) is 0 Å². The summed E-state index contributed by atoms with van der Waals surface area (Å²) in [6, 6.07) is 24.2. The number of aromatic carboxylic acids is 3. The average Bonchev–Trinajstić information content (AvgIpc) is 3.55. The van der Waals surface area contributed by atoms with Crippen molar-refractivity contribution >= 4 is 17.9 Å². The Morgan fingerprint density at radius 1 is 0.367 bits per heavy atom. The van der Waals surface area contributed by atoms with Gasteiger partial charge in [0.2, 0.25) is 0 Å². The van der Waals surface area contributed by atoms with Crippen LogP contribution in [-0.4, -0.2) is 17.9 Å². The maximum absolute atomic E-state index is 10.1. The summed E-state index contributed by atoms with van der Waals surface area (Å²) in [7, 11) is 0. The number of carboxylic acids is 3. The van der Waals surface area contributed by atoms with Gasteiger partial charge in [-0.25, -0.2) is 16.7 Å². The van der Waals surface area contributed by atoms with Crippen LogP contribution < -0.4 is 15.3 Å². The second kappa shape index (κ2) is 27.6. The SMILES string of the molecule is CC1=[C-]C(C)(C)C(C)=C1C.CC1=[C-]C(C)(C)C(C)=C1C.CC1=[C-]C(C)(C)C(C)=C1C.O=C([O-])c1ccccc1.O=C([O-])c1ccccc1.O=C([O-])c1ccccc1.[Ti+2].[Ti+2].[Ti+2]. The van der Waals surface area contributed by atoms with E-state index in [1.165, 1.54) is 86.6 Å². The van der Waals surface area contributed by atoms with E-state index in [2.05, 4.69) is 122 Å². The van der Waals surface area contributed by atoms with E-state index in [-0.39, 0.29) is 98.1 Å². The van der Waals surface area contributed by atoms with E-state index >= 15 is 0 Å². The second-order valence-electron chi connectivity index (χ2n) is 15.8. The molecule has 3 aliphatic carbocycles. The van der Waals surface area contributed by atoms with Gasteiger partial charge in [-0.3, -0.25) is 18.2 Å². The smallest absolute Gasteiger partial charge is 0.545 e. The Morgan fingerprint density at radius 3 is 0.600 bits per heavy atom. The van der Waals surface area contributed by atoms with Crippen molar-refractivity contribution in [3.05, 3.63) is 176 Å². The number of carboxylic acid groups (broad SMARTS) is 3. The third-order valence-corrected chi connectivity index (χ3v) is 10.7. The Kier molecular flexibility index (Phi) is 28.0. The molecule has 0 radical (unpaired) electrons. The molecule has 3 aromatic rings. The first-order chi connectivity index (χ1) is 26.3. The van der Waals surface area contributed by atoms with Crippen molar-refractivity contribution in [2.75, 3.05) is 0 Å². The fourth-order valence-electron chi connectivity index (χ4n) is 5.94. The van der Waals surface area contributed by atoms with Gasteiger partial charge in [0.15, 0.2) is 0 Å². The van der Waals surface area contributed by atoms with Gasteiger partial charge in [0, 0.05) is 0 Å².